The zero-order valence-electron chi connectivity index (χ0n) is 13.5. The van der Waals surface area contributed by atoms with Gasteiger partial charge >= 0.3 is 0 Å². The maximum absolute atomic E-state index is 12.4. The molecule has 1 saturated heterocycles. The Morgan fingerprint density at radius 2 is 2.04 bits per heavy atom. The van der Waals surface area contributed by atoms with E-state index in [1.54, 1.807) is 0 Å². The molecule has 2 atom stereocenters. The minimum atomic E-state index is -0.413. The molecule has 23 heavy (non-hydrogen) atoms. The van der Waals surface area contributed by atoms with Crippen molar-refractivity contribution in [3.63, 3.8) is 0 Å². The van der Waals surface area contributed by atoms with E-state index in [9.17, 15) is 9.90 Å². The molecule has 2 N–H and O–H groups in total. The normalized spacial score (nSPS) is 26.0. The van der Waals surface area contributed by atoms with E-state index in [1.165, 1.54) is 0 Å². The van der Waals surface area contributed by atoms with Gasteiger partial charge in [-0.1, -0.05) is 25.0 Å². The van der Waals surface area contributed by atoms with Gasteiger partial charge in [0.2, 0.25) is 0 Å². The Morgan fingerprint density at radius 1 is 1.26 bits per heavy atom. The van der Waals surface area contributed by atoms with Gasteiger partial charge in [-0.3, -0.25) is 9.69 Å². The van der Waals surface area contributed by atoms with Crippen LogP contribution in [0.2, 0.25) is 0 Å². The summed E-state index contributed by atoms with van der Waals surface area (Å²) in [5.74, 6) is -0.0835. The van der Waals surface area contributed by atoms with Gasteiger partial charge in [0.1, 0.15) is 0 Å². The first kappa shape index (κ1) is 16.4. The molecule has 2 fully saturated rings. The second-order valence-corrected chi connectivity index (χ2v) is 6.52. The highest BCUT2D eigenvalue weighted by molar-refractivity contribution is 5.94. The molecule has 5 heteroatoms. The van der Waals surface area contributed by atoms with E-state index < -0.39 is 6.10 Å². The lowest BCUT2D eigenvalue weighted by molar-refractivity contribution is 0.0341. The first-order chi connectivity index (χ1) is 11.2. The third-order valence-electron chi connectivity index (χ3n) is 4.75. The van der Waals surface area contributed by atoms with Gasteiger partial charge in [0.25, 0.3) is 5.91 Å². The van der Waals surface area contributed by atoms with Gasteiger partial charge in [0, 0.05) is 25.2 Å². The monoisotopic (exact) mass is 318 g/mol. The SMILES string of the molecule is O=C(NC1CCCCC1O)c1cccc(CN2CCOCC2)c1. The maximum Gasteiger partial charge on any atom is 0.251 e. The van der Waals surface area contributed by atoms with Crippen LogP contribution in [0.5, 0.6) is 0 Å². The van der Waals surface area contributed by atoms with Gasteiger partial charge in [0.05, 0.1) is 25.4 Å². The molecule has 3 rings (SSSR count). The number of aliphatic hydroxyl groups excluding tert-OH is 1. The number of rotatable bonds is 4. The predicted molar refractivity (Wildman–Crippen MR) is 88.3 cm³/mol. The Bertz CT molecular complexity index is 529. The minimum Gasteiger partial charge on any atom is -0.391 e. The summed E-state index contributed by atoms with van der Waals surface area (Å²) < 4.78 is 5.36. The van der Waals surface area contributed by atoms with Gasteiger partial charge < -0.3 is 15.2 Å². The first-order valence-electron chi connectivity index (χ1n) is 8.60. The highest BCUT2D eigenvalue weighted by Crippen LogP contribution is 2.19. The highest BCUT2D eigenvalue weighted by atomic mass is 16.5. The van der Waals surface area contributed by atoms with Gasteiger partial charge in [-0.15, -0.1) is 0 Å². The van der Waals surface area contributed by atoms with Gasteiger partial charge in [-0.2, -0.15) is 0 Å². The molecule has 0 spiro atoms. The average Bonchev–Trinajstić information content (AvgIpc) is 2.58. The zero-order valence-corrected chi connectivity index (χ0v) is 13.5. The third kappa shape index (κ3) is 4.53. The van der Waals surface area contributed by atoms with Crippen LogP contribution in [-0.4, -0.2) is 54.4 Å². The number of aliphatic hydroxyl groups is 1. The van der Waals surface area contributed by atoms with Crippen molar-refractivity contribution in [2.75, 3.05) is 26.3 Å². The van der Waals surface area contributed by atoms with Crippen LogP contribution in [0, 0.1) is 0 Å². The van der Waals surface area contributed by atoms with E-state index in [4.69, 9.17) is 4.74 Å². The van der Waals surface area contributed by atoms with Crippen molar-refractivity contribution in [1.82, 2.24) is 10.2 Å². The van der Waals surface area contributed by atoms with Crippen LogP contribution >= 0.6 is 0 Å². The Balaban J connectivity index is 1.60. The highest BCUT2D eigenvalue weighted by Gasteiger charge is 2.24. The maximum atomic E-state index is 12.4. The van der Waals surface area contributed by atoms with Crippen molar-refractivity contribution in [3.05, 3.63) is 35.4 Å². The molecule has 0 aromatic heterocycles. The summed E-state index contributed by atoms with van der Waals surface area (Å²) in [6, 6.07) is 7.68. The fourth-order valence-corrected chi connectivity index (χ4v) is 3.36. The number of nitrogens with one attached hydrogen (secondary N) is 1. The molecule has 1 aliphatic heterocycles. The Morgan fingerprint density at radius 3 is 2.83 bits per heavy atom. The smallest absolute Gasteiger partial charge is 0.251 e. The molecular formula is C18H26N2O3. The Labute approximate surface area is 137 Å². The lowest BCUT2D eigenvalue weighted by Gasteiger charge is -2.28. The van der Waals surface area contributed by atoms with Crippen LogP contribution in [-0.2, 0) is 11.3 Å². The number of amides is 1. The van der Waals surface area contributed by atoms with Crippen LogP contribution in [0.15, 0.2) is 24.3 Å². The number of nitrogens with zero attached hydrogens (tertiary/aromatic N) is 1. The molecule has 1 amide bonds. The number of hydrogen-bond donors (Lipinski definition) is 2. The summed E-state index contributed by atoms with van der Waals surface area (Å²) in [7, 11) is 0. The lowest BCUT2D eigenvalue weighted by atomic mass is 9.92. The van der Waals surface area contributed by atoms with Crippen molar-refractivity contribution in [1.29, 1.82) is 0 Å². The molecule has 126 valence electrons. The number of ether oxygens (including phenoxy) is 1. The zero-order chi connectivity index (χ0) is 16.1. The fourth-order valence-electron chi connectivity index (χ4n) is 3.36. The molecule has 5 nitrogen and oxygen atoms in total. The van der Waals surface area contributed by atoms with Crippen LogP contribution < -0.4 is 5.32 Å². The van der Waals surface area contributed by atoms with Crippen molar-refractivity contribution < 1.29 is 14.6 Å². The van der Waals surface area contributed by atoms with Gasteiger partial charge in [-0.05, 0) is 30.5 Å². The molecule has 1 aromatic rings. The quantitative estimate of drug-likeness (QED) is 0.884. The van der Waals surface area contributed by atoms with E-state index in [-0.39, 0.29) is 11.9 Å². The van der Waals surface area contributed by atoms with Crippen LogP contribution in [0.4, 0.5) is 0 Å². The number of morpholine rings is 1. The molecule has 0 radical (unpaired) electrons. The molecule has 1 heterocycles. The molecule has 1 aliphatic carbocycles. The molecular weight excluding hydrogens is 292 g/mol. The number of carbonyl (C=O) groups is 1. The fraction of sp³-hybridized carbons (Fsp3) is 0.611. The molecule has 1 saturated carbocycles. The summed E-state index contributed by atoms with van der Waals surface area (Å²) in [6.45, 7) is 4.27. The molecule has 1 aromatic carbocycles. The Hall–Kier alpha value is -1.43. The molecule has 2 unspecified atom stereocenters. The van der Waals surface area contributed by atoms with Crippen LogP contribution in [0.25, 0.3) is 0 Å². The third-order valence-corrected chi connectivity index (χ3v) is 4.75. The topological polar surface area (TPSA) is 61.8 Å². The Kier molecular flexibility index (Phi) is 5.65. The first-order valence-corrected chi connectivity index (χ1v) is 8.60. The van der Waals surface area contributed by atoms with E-state index in [0.29, 0.717) is 5.56 Å². The van der Waals surface area contributed by atoms with Crippen molar-refractivity contribution >= 4 is 5.91 Å². The number of hydrogen-bond acceptors (Lipinski definition) is 4. The summed E-state index contributed by atoms with van der Waals surface area (Å²) in [5.41, 5.74) is 1.82. The van der Waals surface area contributed by atoms with Crippen molar-refractivity contribution in [2.24, 2.45) is 0 Å². The largest absolute Gasteiger partial charge is 0.391 e. The summed E-state index contributed by atoms with van der Waals surface area (Å²) in [6.07, 6.45) is 3.34. The van der Waals surface area contributed by atoms with E-state index in [1.807, 2.05) is 18.2 Å². The predicted octanol–water partition coefficient (Wildman–Crippen LogP) is 1.55. The van der Waals surface area contributed by atoms with Gasteiger partial charge in [0.15, 0.2) is 0 Å². The summed E-state index contributed by atoms with van der Waals surface area (Å²) >= 11 is 0. The lowest BCUT2D eigenvalue weighted by Crippen LogP contribution is -2.45. The number of carbonyl (C=O) groups excluding carboxylic acids is 1. The second-order valence-electron chi connectivity index (χ2n) is 6.52. The van der Waals surface area contributed by atoms with E-state index in [0.717, 1.165) is 64.1 Å². The van der Waals surface area contributed by atoms with E-state index in [2.05, 4.69) is 16.3 Å². The minimum absolute atomic E-state index is 0.0835. The van der Waals surface area contributed by atoms with Crippen molar-refractivity contribution in [2.45, 2.75) is 44.4 Å². The number of benzene rings is 1. The molecule has 0 bridgehead atoms. The summed E-state index contributed by atoms with van der Waals surface area (Å²) in [4.78, 5) is 14.8. The van der Waals surface area contributed by atoms with E-state index >= 15 is 0 Å². The standard InChI is InChI=1S/C18H26N2O3/c21-17-7-2-1-6-16(17)19-18(22)15-5-3-4-14(12-15)13-20-8-10-23-11-9-20/h3-5,12,16-17,21H,1-2,6-11,13H2,(H,19,22). The second kappa shape index (κ2) is 7.90. The average molecular weight is 318 g/mol. The molecule has 2 aliphatic rings. The van der Waals surface area contributed by atoms with Crippen molar-refractivity contribution in [3.8, 4) is 0 Å². The summed E-state index contributed by atoms with van der Waals surface area (Å²) in [5, 5.41) is 13.0. The van der Waals surface area contributed by atoms with Crippen LogP contribution in [0.1, 0.15) is 41.6 Å². The van der Waals surface area contributed by atoms with Crippen LogP contribution in [0.3, 0.4) is 0 Å². The van der Waals surface area contributed by atoms with Gasteiger partial charge in [-0.25, -0.2) is 0 Å².